The van der Waals surface area contributed by atoms with Gasteiger partial charge in [-0.2, -0.15) is 0 Å². The maximum atomic E-state index is 11.7. The average molecular weight is 271 g/mol. The number of nitrogen functional groups attached to an aromatic ring is 1. The van der Waals surface area contributed by atoms with E-state index in [1.54, 1.807) is 30.0 Å². The summed E-state index contributed by atoms with van der Waals surface area (Å²) in [5.41, 5.74) is 7.01. The second-order valence-electron chi connectivity index (χ2n) is 4.69. The number of imide groups is 1. The molecule has 1 saturated heterocycles. The highest BCUT2D eigenvalue weighted by Gasteiger charge is 2.32. The summed E-state index contributed by atoms with van der Waals surface area (Å²) in [4.78, 5) is 33.3. The van der Waals surface area contributed by atoms with Crippen LogP contribution in [0.25, 0.3) is 10.9 Å². The van der Waals surface area contributed by atoms with Crippen molar-refractivity contribution in [2.24, 2.45) is 0 Å². The molecule has 2 heterocycles. The van der Waals surface area contributed by atoms with Gasteiger partial charge in [0.1, 0.15) is 18.2 Å². The summed E-state index contributed by atoms with van der Waals surface area (Å²) in [5, 5.41) is 3.06. The monoisotopic (exact) mass is 271 g/mol. The molecule has 0 bridgehead atoms. The number of nitrogens with zero attached hydrogens (tertiary/aromatic N) is 3. The van der Waals surface area contributed by atoms with Gasteiger partial charge in [-0.3, -0.25) is 14.9 Å². The van der Waals surface area contributed by atoms with Gasteiger partial charge in [0.15, 0.2) is 0 Å². The van der Waals surface area contributed by atoms with Crippen LogP contribution in [-0.2, 0) is 9.59 Å². The Balaban J connectivity index is 2.13. The van der Waals surface area contributed by atoms with E-state index < -0.39 is 6.04 Å². The van der Waals surface area contributed by atoms with Crippen molar-refractivity contribution >= 4 is 34.2 Å². The number of carbonyl (C=O) groups excluding carboxylic acids is 2. The van der Waals surface area contributed by atoms with Crippen LogP contribution in [0.5, 0.6) is 0 Å². The highest BCUT2D eigenvalue weighted by molar-refractivity contribution is 6.06. The second-order valence-corrected chi connectivity index (χ2v) is 4.69. The van der Waals surface area contributed by atoms with Crippen molar-refractivity contribution in [2.75, 3.05) is 17.2 Å². The molecular formula is C13H13N5O2. The largest absolute Gasteiger partial charge is 0.399 e. The quantitative estimate of drug-likeness (QED) is 0.562. The molecule has 0 spiro atoms. The first-order chi connectivity index (χ1) is 9.56. The lowest BCUT2D eigenvalue weighted by atomic mass is 10.1. The van der Waals surface area contributed by atoms with E-state index in [4.69, 9.17) is 5.73 Å². The Labute approximate surface area is 114 Å². The number of nitrogens with one attached hydrogen (secondary N) is 1. The SMILES string of the molecule is CC1C(=O)NC(=O)CN1c1ncnc2cc(N)ccc12. The van der Waals surface area contributed by atoms with Gasteiger partial charge in [0.25, 0.3) is 0 Å². The third kappa shape index (κ3) is 1.93. The van der Waals surface area contributed by atoms with E-state index in [1.807, 2.05) is 0 Å². The van der Waals surface area contributed by atoms with Gasteiger partial charge in [-0.25, -0.2) is 9.97 Å². The molecule has 0 saturated carbocycles. The van der Waals surface area contributed by atoms with Crippen LogP contribution >= 0.6 is 0 Å². The van der Waals surface area contributed by atoms with Crippen molar-refractivity contribution in [1.29, 1.82) is 0 Å². The first-order valence-electron chi connectivity index (χ1n) is 6.17. The Morgan fingerprint density at radius 3 is 2.95 bits per heavy atom. The third-order valence-electron chi connectivity index (χ3n) is 3.34. The fourth-order valence-electron chi connectivity index (χ4n) is 2.26. The molecule has 7 nitrogen and oxygen atoms in total. The first-order valence-corrected chi connectivity index (χ1v) is 6.17. The summed E-state index contributed by atoms with van der Waals surface area (Å²) in [7, 11) is 0. The van der Waals surface area contributed by atoms with Crippen LogP contribution < -0.4 is 16.0 Å². The number of fused-ring (bicyclic) bond motifs is 1. The van der Waals surface area contributed by atoms with Gasteiger partial charge >= 0.3 is 0 Å². The zero-order chi connectivity index (χ0) is 14.3. The fraction of sp³-hybridized carbons (Fsp3) is 0.231. The molecule has 2 aromatic rings. The lowest BCUT2D eigenvalue weighted by molar-refractivity contribution is -0.132. The highest BCUT2D eigenvalue weighted by atomic mass is 16.2. The fourth-order valence-corrected chi connectivity index (χ4v) is 2.26. The van der Waals surface area contributed by atoms with Crippen LogP contribution in [0.2, 0.25) is 0 Å². The standard InChI is InChI=1S/C13H13N5O2/c1-7-13(20)17-11(19)5-18(7)12-9-3-2-8(14)4-10(9)15-6-16-12/h2-4,6-7H,5,14H2,1H3,(H,17,19,20). The van der Waals surface area contributed by atoms with Crippen LogP contribution in [-0.4, -0.2) is 34.4 Å². The number of hydrogen-bond donors (Lipinski definition) is 2. The van der Waals surface area contributed by atoms with E-state index in [0.29, 0.717) is 17.0 Å². The van der Waals surface area contributed by atoms with Crippen molar-refractivity contribution in [3.05, 3.63) is 24.5 Å². The predicted molar refractivity (Wildman–Crippen MR) is 73.9 cm³/mol. The maximum absolute atomic E-state index is 11.7. The average Bonchev–Trinajstić information content (AvgIpc) is 2.42. The zero-order valence-electron chi connectivity index (χ0n) is 10.8. The molecule has 1 aliphatic rings. The Bertz CT molecular complexity index is 715. The van der Waals surface area contributed by atoms with E-state index in [0.717, 1.165) is 5.39 Å². The molecule has 7 heteroatoms. The van der Waals surface area contributed by atoms with E-state index in [2.05, 4.69) is 15.3 Å². The minimum Gasteiger partial charge on any atom is -0.399 e. The number of rotatable bonds is 1. The molecule has 2 amide bonds. The molecule has 1 atom stereocenters. The smallest absolute Gasteiger partial charge is 0.249 e. The van der Waals surface area contributed by atoms with Crippen molar-refractivity contribution in [2.45, 2.75) is 13.0 Å². The minimum atomic E-state index is -0.469. The minimum absolute atomic E-state index is 0.0867. The van der Waals surface area contributed by atoms with Crippen LogP contribution in [0, 0.1) is 0 Å². The second kappa shape index (κ2) is 4.44. The number of piperazine rings is 1. The molecule has 3 N–H and O–H groups in total. The number of nitrogens with two attached hydrogens (primary N) is 1. The van der Waals surface area contributed by atoms with Crippen LogP contribution in [0.4, 0.5) is 11.5 Å². The van der Waals surface area contributed by atoms with Gasteiger partial charge in [-0.1, -0.05) is 0 Å². The molecule has 20 heavy (non-hydrogen) atoms. The van der Waals surface area contributed by atoms with Crippen molar-refractivity contribution < 1.29 is 9.59 Å². The number of amides is 2. The Morgan fingerprint density at radius 1 is 1.35 bits per heavy atom. The molecule has 0 aliphatic carbocycles. The molecular weight excluding hydrogens is 258 g/mol. The van der Waals surface area contributed by atoms with Crippen molar-refractivity contribution in [3.63, 3.8) is 0 Å². The summed E-state index contributed by atoms with van der Waals surface area (Å²) in [5.74, 6) is -0.107. The van der Waals surface area contributed by atoms with E-state index >= 15 is 0 Å². The lowest BCUT2D eigenvalue weighted by Crippen LogP contribution is -2.57. The third-order valence-corrected chi connectivity index (χ3v) is 3.34. The molecule has 102 valence electrons. The van der Waals surface area contributed by atoms with Crippen molar-refractivity contribution in [1.82, 2.24) is 15.3 Å². The number of anilines is 2. The highest BCUT2D eigenvalue weighted by Crippen LogP contribution is 2.26. The van der Waals surface area contributed by atoms with Gasteiger partial charge in [-0.05, 0) is 25.1 Å². The number of carbonyl (C=O) groups is 2. The molecule has 1 aliphatic heterocycles. The normalized spacial score (nSPS) is 19.2. The Kier molecular flexibility index (Phi) is 2.74. The summed E-state index contributed by atoms with van der Waals surface area (Å²) >= 11 is 0. The Morgan fingerprint density at radius 2 is 2.15 bits per heavy atom. The summed E-state index contributed by atoms with van der Waals surface area (Å²) in [6.45, 7) is 1.82. The van der Waals surface area contributed by atoms with Crippen LogP contribution in [0.3, 0.4) is 0 Å². The number of benzene rings is 1. The van der Waals surface area contributed by atoms with Gasteiger partial charge < -0.3 is 10.6 Å². The van der Waals surface area contributed by atoms with Crippen molar-refractivity contribution in [3.8, 4) is 0 Å². The summed E-state index contributed by atoms with van der Waals surface area (Å²) in [6, 6.07) is 4.80. The molecule has 1 aromatic heterocycles. The molecule has 1 fully saturated rings. The topological polar surface area (TPSA) is 101 Å². The van der Waals surface area contributed by atoms with Gasteiger partial charge in [0, 0.05) is 11.1 Å². The maximum Gasteiger partial charge on any atom is 0.249 e. The van der Waals surface area contributed by atoms with Gasteiger partial charge in [0.2, 0.25) is 11.8 Å². The molecule has 1 unspecified atom stereocenters. The van der Waals surface area contributed by atoms with Gasteiger partial charge in [-0.15, -0.1) is 0 Å². The number of aromatic nitrogens is 2. The van der Waals surface area contributed by atoms with E-state index in [9.17, 15) is 9.59 Å². The first kappa shape index (κ1) is 12.3. The van der Waals surface area contributed by atoms with Crippen LogP contribution in [0.1, 0.15) is 6.92 Å². The Hall–Kier alpha value is -2.70. The molecule has 3 rings (SSSR count). The van der Waals surface area contributed by atoms with Crippen LogP contribution in [0.15, 0.2) is 24.5 Å². The predicted octanol–water partition coefficient (Wildman–Crippen LogP) is 0.0633. The van der Waals surface area contributed by atoms with E-state index in [-0.39, 0.29) is 18.4 Å². The zero-order valence-corrected chi connectivity index (χ0v) is 10.8. The summed E-state index contributed by atoms with van der Waals surface area (Å²) in [6.07, 6.45) is 1.40. The molecule has 0 radical (unpaired) electrons. The van der Waals surface area contributed by atoms with Gasteiger partial charge in [0.05, 0.1) is 12.1 Å². The lowest BCUT2D eigenvalue weighted by Gasteiger charge is -2.33. The number of hydrogen-bond acceptors (Lipinski definition) is 6. The van der Waals surface area contributed by atoms with E-state index in [1.165, 1.54) is 6.33 Å². The summed E-state index contributed by atoms with van der Waals surface area (Å²) < 4.78 is 0. The molecule has 1 aromatic carbocycles.